The molecule has 2 amide bonds. The smallest absolute Gasteiger partial charge is 0.254 e. The topological polar surface area (TPSA) is 49.4 Å². The summed E-state index contributed by atoms with van der Waals surface area (Å²) in [7, 11) is 0. The Balaban J connectivity index is 2.13. The Bertz CT molecular complexity index is 881. The fourth-order valence-electron chi connectivity index (χ4n) is 3.93. The molecule has 3 rings (SSSR count). The third-order valence-corrected chi connectivity index (χ3v) is 5.58. The van der Waals surface area contributed by atoms with Crippen molar-refractivity contribution in [3.63, 3.8) is 0 Å². The summed E-state index contributed by atoms with van der Waals surface area (Å²) in [5.74, 6) is -0.199. The largest absolute Gasteiger partial charge is 0.355 e. The maximum absolute atomic E-state index is 13.4. The molecule has 0 bridgehead atoms. The van der Waals surface area contributed by atoms with Gasteiger partial charge in [0.1, 0.15) is 0 Å². The van der Waals surface area contributed by atoms with Crippen molar-refractivity contribution in [3.05, 3.63) is 70.2 Å². The van der Waals surface area contributed by atoms with Gasteiger partial charge in [0.25, 0.3) is 5.91 Å². The molecule has 0 saturated carbocycles. The number of amides is 2. The molecule has 0 fully saturated rings. The highest BCUT2D eigenvalue weighted by Gasteiger charge is 2.43. The van der Waals surface area contributed by atoms with Crippen LogP contribution >= 0.6 is 11.6 Å². The highest BCUT2D eigenvalue weighted by atomic mass is 35.5. The molecule has 0 unspecified atom stereocenters. The van der Waals surface area contributed by atoms with E-state index >= 15 is 0 Å². The molecule has 0 aromatic heterocycles. The maximum Gasteiger partial charge on any atom is 0.254 e. The molecular weight excluding hydrogens is 384 g/mol. The zero-order valence-electron chi connectivity index (χ0n) is 17.3. The first-order valence-corrected chi connectivity index (χ1v) is 10.7. The van der Waals surface area contributed by atoms with Crippen molar-refractivity contribution in [1.82, 2.24) is 10.2 Å². The van der Waals surface area contributed by atoms with Crippen molar-refractivity contribution in [1.29, 1.82) is 0 Å². The summed E-state index contributed by atoms with van der Waals surface area (Å²) < 4.78 is 0. The number of fused-ring (bicyclic) bond motifs is 1. The van der Waals surface area contributed by atoms with Crippen LogP contribution in [0, 0.1) is 5.92 Å². The molecule has 2 atom stereocenters. The van der Waals surface area contributed by atoms with Crippen LogP contribution in [0.2, 0.25) is 5.02 Å². The molecular formula is C24H29ClN2O2. The van der Waals surface area contributed by atoms with Gasteiger partial charge in [-0.25, -0.2) is 0 Å². The standard InChI is InChI=1S/C24H29ClN2O2/c1-4-5-13-27-22(17-9-8-10-18(25)14-17)21(23(28)26-15-16(2)3)19-11-6-7-12-20(19)24(27)29/h6-12,14,16,21-22H,4-5,13,15H2,1-3H3,(H,26,28)/t21-,22+/m0/s1. The first kappa shape index (κ1) is 21.4. The van der Waals surface area contributed by atoms with Gasteiger partial charge in [-0.05, 0) is 41.7 Å². The number of halogens is 1. The molecule has 0 saturated heterocycles. The third kappa shape index (κ3) is 4.64. The van der Waals surface area contributed by atoms with Gasteiger partial charge in [-0.1, -0.05) is 69.1 Å². The fraction of sp³-hybridized carbons (Fsp3) is 0.417. The first-order chi connectivity index (χ1) is 13.9. The van der Waals surface area contributed by atoms with Gasteiger partial charge in [-0.15, -0.1) is 0 Å². The predicted octanol–water partition coefficient (Wildman–Crippen LogP) is 5.19. The number of rotatable bonds is 7. The zero-order chi connectivity index (χ0) is 21.0. The Hall–Kier alpha value is -2.33. The van der Waals surface area contributed by atoms with Gasteiger partial charge < -0.3 is 10.2 Å². The Labute approximate surface area is 178 Å². The highest BCUT2D eigenvalue weighted by molar-refractivity contribution is 6.30. The summed E-state index contributed by atoms with van der Waals surface area (Å²) >= 11 is 6.28. The number of nitrogens with one attached hydrogen (secondary N) is 1. The second-order valence-corrected chi connectivity index (χ2v) is 8.49. The Morgan fingerprint density at radius 1 is 1.17 bits per heavy atom. The van der Waals surface area contributed by atoms with E-state index in [1.54, 1.807) is 0 Å². The summed E-state index contributed by atoms with van der Waals surface area (Å²) in [6, 6.07) is 14.6. The Morgan fingerprint density at radius 2 is 1.93 bits per heavy atom. The summed E-state index contributed by atoms with van der Waals surface area (Å²) in [6.07, 6.45) is 1.85. The molecule has 1 aliphatic rings. The Kier molecular flexibility index (Phi) is 6.96. The number of carbonyl (C=O) groups is 2. The number of unbranched alkanes of at least 4 members (excludes halogenated alkanes) is 1. The van der Waals surface area contributed by atoms with Crippen LogP contribution in [0.15, 0.2) is 48.5 Å². The first-order valence-electron chi connectivity index (χ1n) is 10.4. The normalized spacial score (nSPS) is 18.7. The quantitative estimate of drug-likeness (QED) is 0.680. The Morgan fingerprint density at radius 3 is 2.62 bits per heavy atom. The SMILES string of the molecule is CCCCN1C(=O)c2ccccc2[C@H](C(=O)NCC(C)C)[C@H]1c1cccc(Cl)c1. The van der Waals surface area contributed by atoms with Gasteiger partial charge in [-0.3, -0.25) is 9.59 Å². The van der Waals surface area contributed by atoms with Crippen LogP contribution in [-0.4, -0.2) is 29.8 Å². The van der Waals surface area contributed by atoms with Gasteiger partial charge in [-0.2, -0.15) is 0 Å². The lowest BCUT2D eigenvalue weighted by Crippen LogP contribution is -2.48. The molecule has 29 heavy (non-hydrogen) atoms. The zero-order valence-corrected chi connectivity index (χ0v) is 18.1. The summed E-state index contributed by atoms with van der Waals surface area (Å²) in [6.45, 7) is 7.45. The molecule has 1 aliphatic heterocycles. The van der Waals surface area contributed by atoms with Crippen molar-refractivity contribution in [2.24, 2.45) is 5.92 Å². The number of hydrogen-bond acceptors (Lipinski definition) is 2. The van der Waals surface area contributed by atoms with Crippen molar-refractivity contribution in [2.45, 2.75) is 45.6 Å². The average molecular weight is 413 g/mol. The van der Waals surface area contributed by atoms with Gasteiger partial charge in [0.05, 0.1) is 12.0 Å². The van der Waals surface area contributed by atoms with E-state index in [9.17, 15) is 9.59 Å². The number of benzene rings is 2. The third-order valence-electron chi connectivity index (χ3n) is 5.35. The van der Waals surface area contributed by atoms with Crippen molar-refractivity contribution in [3.8, 4) is 0 Å². The fourth-order valence-corrected chi connectivity index (χ4v) is 4.12. The molecule has 0 aliphatic carbocycles. The minimum atomic E-state index is -0.474. The lowest BCUT2D eigenvalue weighted by atomic mass is 9.79. The number of carbonyl (C=O) groups excluding carboxylic acids is 2. The van der Waals surface area contributed by atoms with E-state index in [4.69, 9.17) is 11.6 Å². The minimum absolute atomic E-state index is 0.0214. The molecule has 2 aromatic carbocycles. The lowest BCUT2D eigenvalue weighted by Gasteiger charge is -2.42. The molecule has 1 N–H and O–H groups in total. The monoisotopic (exact) mass is 412 g/mol. The second kappa shape index (κ2) is 9.45. The maximum atomic E-state index is 13.4. The summed E-state index contributed by atoms with van der Waals surface area (Å²) in [5.41, 5.74) is 2.30. The van der Waals surface area contributed by atoms with E-state index in [1.807, 2.05) is 53.4 Å². The van der Waals surface area contributed by atoms with Crippen molar-refractivity contribution in [2.75, 3.05) is 13.1 Å². The average Bonchev–Trinajstić information content (AvgIpc) is 2.71. The van der Waals surface area contributed by atoms with E-state index in [-0.39, 0.29) is 17.9 Å². The van der Waals surface area contributed by atoms with E-state index in [0.717, 1.165) is 24.0 Å². The number of hydrogen-bond donors (Lipinski definition) is 1. The highest BCUT2D eigenvalue weighted by Crippen LogP contribution is 2.43. The van der Waals surface area contributed by atoms with E-state index in [2.05, 4.69) is 26.1 Å². The van der Waals surface area contributed by atoms with Crippen LogP contribution < -0.4 is 5.32 Å². The minimum Gasteiger partial charge on any atom is -0.355 e. The van der Waals surface area contributed by atoms with E-state index < -0.39 is 5.92 Å². The van der Waals surface area contributed by atoms with Crippen LogP contribution in [0.3, 0.4) is 0 Å². The van der Waals surface area contributed by atoms with E-state index in [0.29, 0.717) is 29.6 Å². The molecule has 0 spiro atoms. The predicted molar refractivity (Wildman–Crippen MR) is 117 cm³/mol. The van der Waals surface area contributed by atoms with Crippen LogP contribution in [0.1, 0.15) is 67.1 Å². The van der Waals surface area contributed by atoms with Crippen LogP contribution in [0.5, 0.6) is 0 Å². The lowest BCUT2D eigenvalue weighted by molar-refractivity contribution is -0.124. The van der Waals surface area contributed by atoms with Crippen molar-refractivity contribution < 1.29 is 9.59 Å². The van der Waals surface area contributed by atoms with Crippen LogP contribution in [0.4, 0.5) is 0 Å². The molecule has 4 nitrogen and oxygen atoms in total. The van der Waals surface area contributed by atoms with Gasteiger partial charge in [0.2, 0.25) is 5.91 Å². The molecule has 154 valence electrons. The van der Waals surface area contributed by atoms with Crippen LogP contribution in [-0.2, 0) is 4.79 Å². The van der Waals surface area contributed by atoms with Gasteiger partial charge >= 0.3 is 0 Å². The molecule has 1 heterocycles. The van der Waals surface area contributed by atoms with Crippen LogP contribution in [0.25, 0.3) is 0 Å². The van der Waals surface area contributed by atoms with Gasteiger partial charge in [0, 0.05) is 23.7 Å². The number of nitrogens with zero attached hydrogens (tertiary/aromatic N) is 1. The van der Waals surface area contributed by atoms with Crippen molar-refractivity contribution >= 4 is 23.4 Å². The van der Waals surface area contributed by atoms with E-state index in [1.165, 1.54) is 0 Å². The van der Waals surface area contributed by atoms with Gasteiger partial charge in [0.15, 0.2) is 0 Å². The second-order valence-electron chi connectivity index (χ2n) is 8.06. The summed E-state index contributed by atoms with van der Waals surface area (Å²) in [5, 5.41) is 3.69. The molecule has 2 aromatic rings. The molecule has 0 radical (unpaired) electrons. The molecule has 5 heteroatoms. The summed E-state index contributed by atoms with van der Waals surface area (Å²) in [4.78, 5) is 28.6.